The van der Waals surface area contributed by atoms with Crippen LogP contribution in [0.15, 0.2) is 53.9 Å². The third kappa shape index (κ3) is 4.54. The Balaban J connectivity index is 1.64. The summed E-state index contributed by atoms with van der Waals surface area (Å²) in [6, 6.07) is 13.5. The monoisotopic (exact) mass is 375 g/mol. The van der Waals surface area contributed by atoms with Gasteiger partial charge in [-0.25, -0.2) is 4.98 Å². The average molecular weight is 375 g/mol. The predicted molar refractivity (Wildman–Crippen MR) is 97.6 cm³/mol. The van der Waals surface area contributed by atoms with E-state index in [-0.39, 0.29) is 11.7 Å². The topological polar surface area (TPSA) is 63.2 Å². The number of ether oxygens (including phenoxy) is 1. The summed E-state index contributed by atoms with van der Waals surface area (Å²) in [5, 5.41) is 8.00. The lowest BCUT2D eigenvalue weighted by Crippen LogP contribution is -2.13. The van der Waals surface area contributed by atoms with Gasteiger partial charge in [-0.15, -0.1) is 11.3 Å². The van der Waals surface area contributed by atoms with Gasteiger partial charge in [0, 0.05) is 16.8 Å². The van der Waals surface area contributed by atoms with E-state index in [2.05, 4.69) is 20.4 Å². The molecule has 1 heterocycles. The van der Waals surface area contributed by atoms with E-state index in [1.54, 1.807) is 17.5 Å². The van der Waals surface area contributed by atoms with Crippen molar-refractivity contribution < 1.29 is 18.3 Å². The van der Waals surface area contributed by atoms with E-state index in [1.165, 1.54) is 23.5 Å². The Morgan fingerprint density at radius 1 is 1.15 bits per heavy atom. The van der Waals surface area contributed by atoms with E-state index in [0.717, 1.165) is 11.3 Å². The predicted octanol–water partition coefficient (Wildman–Crippen LogP) is 5.05. The molecule has 0 bridgehead atoms. The quantitative estimate of drug-likeness (QED) is 0.633. The number of amides is 1. The number of alkyl halides is 2. The number of hydrogen-bond acceptors (Lipinski definition) is 5. The number of para-hydroxylation sites is 1. The van der Waals surface area contributed by atoms with Crippen LogP contribution in [0.5, 0.6) is 5.75 Å². The highest BCUT2D eigenvalue weighted by molar-refractivity contribution is 7.14. The number of thiazole rings is 1. The number of carbonyl (C=O) groups excluding carboxylic acids is 1. The molecule has 1 aromatic heterocycles. The highest BCUT2D eigenvalue weighted by atomic mass is 32.1. The molecule has 0 unspecified atom stereocenters. The van der Waals surface area contributed by atoms with Gasteiger partial charge in [-0.3, -0.25) is 4.79 Å². The van der Waals surface area contributed by atoms with Gasteiger partial charge < -0.3 is 15.4 Å². The summed E-state index contributed by atoms with van der Waals surface area (Å²) in [6.07, 6.45) is 0. The van der Waals surface area contributed by atoms with E-state index in [0.29, 0.717) is 16.5 Å². The lowest BCUT2D eigenvalue weighted by atomic mass is 10.2. The Morgan fingerprint density at radius 2 is 1.88 bits per heavy atom. The maximum Gasteiger partial charge on any atom is 0.387 e. The number of aromatic nitrogens is 1. The highest BCUT2D eigenvalue weighted by Crippen LogP contribution is 2.24. The van der Waals surface area contributed by atoms with Crippen LogP contribution >= 0.6 is 11.3 Å². The van der Waals surface area contributed by atoms with Crippen molar-refractivity contribution in [2.45, 2.75) is 13.5 Å². The minimum absolute atomic E-state index is 0.0722. The number of benzene rings is 2. The van der Waals surface area contributed by atoms with Crippen LogP contribution in [0.4, 0.5) is 25.3 Å². The van der Waals surface area contributed by atoms with Crippen molar-refractivity contribution in [3.63, 3.8) is 0 Å². The van der Waals surface area contributed by atoms with E-state index < -0.39 is 6.61 Å². The van der Waals surface area contributed by atoms with Crippen LogP contribution in [0.25, 0.3) is 0 Å². The van der Waals surface area contributed by atoms with Crippen molar-refractivity contribution in [1.29, 1.82) is 0 Å². The Morgan fingerprint density at radius 3 is 2.58 bits per heavy atom. The molecule has 3 aromatic rings. The number of aryl methyl sites for hydroxylation is 1. The second-order valence-corrected chi connectivity index (χ2v) is 6.19. The SMILES string of the molecule is Cc1ccccc1NC(=O)c1csc(Nc2ccc(OC(F)F)cc2)n1. The van der Waals surface area contributed by atoms with Gasteiger partial charge in [0.2, 0.25) is 0 Å². The summed E-state index contributed by atoms with van der Waals surface area (Å²) in [7, 11) is 0. The first-order chi connectivity index (χ1) is 12.5. The standard InChI is InChI=1S/C18H15F2N3O2S/c1-11-4-2-3-5-14(11)22-16(24)15-10-26-18(23-15)21-12-6-8-13(9-7-12)25-17(19)20/h2-10,17H,1H3,(H,21,23)(H,22,24). The molecule has 0 spiro atoms. The van der Waals surface area contributed by atoms with Gasteiger partial charge in [-0.2, -0.15) is 8.78 Å². The van der Waals surface area contributed by atoms with Crippen molar-refractivity contribution in [1.82, 2.24) is 4.98 Å². The van der Waals surface area contributed by atoms with Crippen LogP contribution in [-0.2, 0) is 0 Å². The molecule has 3 rings (SSSR count). The Bertz CT molecular complexity index is 897. The molecule has 0 aliphatic rings. The maximum atomic E-state index is 12.3. The van der Waals surface area contributed by atoms with Gasteiger partial charge in [-0.1, -0.05) is 18.2 Å². The first-order valence-corrected chi connectivity index (χ1v) is 8.53. The largest absolute Gasteiger partial charge is 0.435 e. The molecule has 5 nitrogen and oxygen atoms in total. The molecule has 0 atom stereocenters. The maximum absolute atomic E-state index is 12.3. The van der Waals surface area contributed by atoms with Crippen molar-refractivity contribution in [2.75, 3.05) is 10.6 Å². The Kier molecular flexibility index (Phi) is 5.43. The van der Waals surface area contributed by atoms with Crippen LogP contribution in [0.1, 0.15) is 16.1 Å². The van der Waals surface area contributed by atoms with Crippen LogP contribution < -0.4 is 15.4 Å². The minimum Gasteiger partial charge on any atom is -0.435 e. The van der Waals surface area contributed by atoms with Crippen molar-refractivity contribution in [3.05, 3.63) is 65.2 Å². The lowest BCUT2D eigenvalue weighted by molar-refractivity contribution is -0.0498. The van der Waals surface area contributed by atoms with Crippen LogP contribution in [0.3, 0.4) is 0 Å². The summed E-state index contributed by atoms with van der Waals surface area (Å²) in [4.78, 5) is 16.5. The summed E-state index contributed by atoms with van der Waals surface area (Å²) < 4.78 is 28.6. The molecule has 26 heavy (non-hydrogen) atoms. The van der Waals surface area contributed by atoms with Crippen molar-refractivity contribution >= 4 is 33.8 Å². The smallest absolute Gasteiger partial charge is 0.387 e. The molecular weight excluding hydrogens is 360 g/mol. The number of rotatable bonds is 6. The minimum atomic E-state index is -2.86. The number of carbonyl (C=O) groups is 1. The molecule has 134 valence electrons. The molecule has 0 aliphatic heterocycles. The zero-order chi connectivity index (χ0) is 18.5. The highest BCUT2D eigenvalue weighted by Gasteiger charge is 2.12. The summed E-state index contributed by atoms with van der Waals surface area (Å²) in [5.74, 6) is -0.229. The zero-order valence-corrected chi connectivity index (χ0v) is 14.5. The second-order valence-electron chi connectivity index (χ2n) is 5.33. The molecule has 1 amide bonds. The third-order valence-corrected chi connectivity index (χ3v) is 4.22. The van der Waals surface area contributed by atoms with Crippen LogP contribution in [0, 0.1) is 6.92 Å². The normalized spacial score (nSPS) is 10.6. The van der Waals surface area contributed by atoms with Gasteiger partial charge in [0.15, 0.2) is 5.13 Å². The lowest BCUT2D eigenvalue weighted by Gasteiger charge is -2.07. The van der Waals surface area contributed by atoms with Crippen LogP contribution in [0.2, 0.25) is 0 Å². The molecule has 2 N–H and O–H groups in total. The van der Waals surface area contributed by atoms with E-state index in [9.17, 15) is 13.6 Å². The molecule has 8 heteroatoms. The zero-order valence-electron chi connectivity index (χ0n) is 13.7. The molecule has 0 saturated heterocycles. The summed E-state index contributed by atoms with van der Waals surface area (Å²) in [6.45, 7) is -0.951. The molecule has 0 saturated carbocycles. The number of anilines is 3. The molecular formula is C18H15F2N3O2S. The van der Waals surface area contributed by atoms with E-state index in [1.807, 2.05) is 31.2 Å². The summed E-state index contributed by atoms with van der Waals surface area (Å²) in [5.41, 5.74) is 2.63. The molecule has 0 radical (unpaired) electrons. The number of nitrogens with zero attached hydrogens (tertiary/aromatic N) is 1. The molecule has 2 aromatic carbocycles. The number of nitrogens with one attached hydrogen (secondary N) is 2. The van der Waals surface area contributed by atoms with Gasteiger partial charge in [-0.05, 0) is 42.8 Å². The Labute approximate surface area is 152 Å². The second kappa shape index (κ2) is 7.92. The number of halogens is 2. The van der Waals surface area contributed by atoms with Gasteiger partial charge in [0.25, 0.3) is 5.91 Å². The first-order valence-electron chi connectivity index (χ1n) is 7.65. The fraction of sp³-hybridized carbons (Fsp3) is 0.111. The Hall–Kier alpha value is -3.00. The van der Waals surface area contributed by atoms with Crippen molar-refractivity contribution in [2.24, 2.45) is 0 Å². The van der Waals surface area contributed by atoms with Gasteiger partial charge >= 0.3 is 6.61 Å². The van der Waals surface area contributed by atoms with Gasteiger partial charge in [0.1, 0.15) is 11.4 Å². The third-order valence-electron chi connectivity index (χ3n) is 3.46. The van der Waals surface area contributed by atoms with E-state index in [4.69, 9.17) is 0 Å². The fourth-order valence-corrected chi connectivity index (χ4v) is 2.89. The van der Waals surface area contributed by atoms with Crippen molar-refractivity contribution in [3.8, 4) is 5.75 Å². The van der Waals surface area contributed by atoms with Gasteiger partial charge in [0.05, 0.1) is 0 Å². The molecule has 0 aliphatic carbocycles. The molecule has 0 fully saturated rings. The fourth-order valence-electron chi connectivity index (χ4n) is 2.18. The first kappa shape index (κ1) is 17.8. The van der Waals surface area contributed by atoms with E-state index >= 15 is 0 Å². The summed E-state index contributed by atoms with van der Waals surface area (Å²) >= 11 is 1.27. The average Bonchev–Trinajstić information content (AvgIpc) is 3.07. The van der Waals surface area contributed by atoms with Crippen LogP contribution in [-0.4, -0.2) is 17.5 Å². The number of hydrogen-bond donors (Lipinski definition) is 2.